The molecule has 0 aliphatic carbocycles. The fourth-order valence-corrected chi connectivity index (χ4v) is 6.61. The number of nitrogens with zero attached hydrogens (tertiary/aromatic N) is 2. The summed E-state index contributed by atoms with van der Waals surface area (Å²) in [7, 11) is -3.62. The highest BCUT2D eigenvalue weighted by atomic mass is 32.2. The third-order valence-electron chi connectivity index (χ3n) is 6.49. The summed E-state index contributed by atoms with van der Waals surface area (Å²) >= 11 is 0. The first kappa shape index (κ1) is 25.9. The van der Waals surface area contributed by atoms with Crippen LogP contribution in [0, 0.1) is 26.7 Å². The molecule has 0 aromatic heterocycles. The fraction of sp³-hybridized carbons (Fsp3) is 0.462. The predicted molar refractivity (Wildman–Crippen MR) is 134 cm³/mol. The summed E-state index contributed by atoms with van der Waals surface area (Å²) in [5.74, 6) is -0.399. The normalized spacial score (nSPS) is 15.2. The van der Waals surface area contributed by atoms with Crippen molar-refractivity contribution in [3.63, 3.8) is 0 Å². The van der Waals surface area contributed by atoms with E-state index in [1.165, 1.54) is 11.2 Å². The molecule has 34 heavy (non-hydrogen) atoms. The van der Waals surface area contributed by atoms with Gasteiger partial charge in [-0.25, -0.2) is 8.42 Å². The Morgan fingerprint density at radius 3 is 2.21 bits per heavy atom. The number of carbonyl (C=O) groups excluding carboxylic acids is 2. The molecule has 1 aliphatic rings. The van der Waals surface area contributed by atoms with Crippen molar-refractivity contribution in [3.05, 3.63) is 58.7 Å². The van der Waals surface area contributed by atoms with Crippen LogP contribution in [-0.2, 0) is 26.2 Å². The minimum Gasteiger partial charge on any atom is -0.339 e. The molecule has 1 aliphatic heterocycles. The van der Waals surface area contributed by atoms with E-state index >= 15 is 0 Å². The van der Waals surface area contributed by atoms with Gasteiger partial charge in [0.15, 0.2) is 0 Å². The van der Waals surface area contributed by atoms with Crippen molar-refractivity contribution in [2.24, 2.45) is 5.92 Å². The second kappa shape index (κ2) is 10.7. The van der Waals surface area contributed by atoms with Crippen molar-refractivity contribution >= 4 is 27.5 Å². The summed E-state index contributed by atoms with van der Waals surface area (Å²) in [5.41, 5.74) is 4.10. The molecule has 3 rings (SSSR count). The van der Waals surface area contributed by atoms with Gasteiger partial charge in [0.2, 0.25) is 21.8 Å². The quantitative estimate of drug-likeness (QED) is 0.642. The maximum absolute atomic E-state index is 13.3. The zero-order valence-electron chi connectivity index (χ0n) is 20.7. The predicted octanol–water partition coefficient (Wildman–Crippen LogP) is 4.02. The number of nitrogens with one attached hydrogen (secondary N) is 1. The van der Waals surface area contributed by atoms with Crippen molar-refractivity contribution in [1.82, 2.24) is 9.21 Å². The zero-order chi connectivity index (χ0) is 25.0. The second-order valence-electron chi connectivity index (χ2n) is 9.09. The van der Waals surface area contributed by atoms with Crippen LogP contribution < -0.4 is 5.32 Å². The van der Waals surface area contributed by atoms with Gasteiger partial charge in [-0.2, -0.15) is 4.31 Å². The fourth-order valence-electron chi connectivity index (χ4n) is 4.73. The minimum absolute atomic E-state index is 0.0174. The Morgan fingerprint density at radius 1 is 1.06 bits per heavy atom. The number of benzene rings is 2. The summed E-state index contributed by atoms with van der Waals surface area (Å²) in [4.78, 5) is 26.9. The molecule has 2 amide bonds. The molecule has 1 N–H and O–H groups in total. The summed E-state index contributed by atoms with van der Waals surface area (Å²) in [5, 5.41) is 3.01. The van der Waals surface area contributed by atoms with E-state index in [9.17, 15) is 18.0 Å². The van der Waals surface area contributed by atoms with E-state index in [-0.39, 0.29) is 17.7 Å². The number of hydrogen-bond donors (Lipinski definition) is 1. The summed E-state index contributed by atoms with van der Waals surface area (Å²) in [6, 6.07) is 11.3. The molecule has 0 unspecified atom stereocenters. The van der Waals surface area contributed by atoms with Gasteiger partial charge in [0.1, 0.15) is 0 Å². The van der Waals surface area contributed by atoms with Gasteiger partial charge in [-0.05, 0) is 63.3 Å². The number of anilines is 1. The molecule has 0 bridgehead atoms. The minimum atomic E-state index is -3.62. The molecule has 1 heterocycles. The SMILES string of the molecule is CCN(Cc1ccccc1NC(=O)C1CCN(S(=O)(=O)c2c(C)cc(C)cc2C)CC1)C(C)=O. The summed E-state index contributed by atoms with van der Waals surface area (Å²) in [6.45, 7) is 10.7. The standard InChI is InChI=1S/C26H35N3O4S/c1-6-28(21(5)30)17-23-9-7-8-10-24(23)27-26(31)22-11-13-29(14-12-22)34(32,33)25-19(3)15-18(2)16-20(25)4/h7-10,15-16,22H,6,11-14,17H2,1-5H3,(H,27,31). The van der Waals surface area contributed by atoms with Crippen molar-refractivity contribution in [1.29, 1.82) is 0 Å². The molecule has 0 spiro atoms. The van der Waals surface area contributed by atoms with E-state index in [4.69, 9.17) is 0 Å². The number of rotatable bonds is 7. The highest BCUT2D eigenvalue weighted by molar-refractivity contribution is 7.89. The molecule has 7 nitrogen and oxygen atoms in total. The van der Waals surface area contributed by atoms with Gasteiger partial charge in [-0.3, -0.25) is 9.59 Å². The Morgan fingerprint density at radius 2 is 1.65 bits per heavy atom. The van der Waals surface area contributed by atoms with Gasteiger partial charge < -0.3 is 10.2 Å². The number of para-hydroxylation sites is 1. The van der Waals surface area contributed by atoms with E-state index in [0.29, 0.717) is 49.6 Å². The van der Waals surface area contributed by atoms with E-state index in [2.05, 4.69) is 5.32 Å². The van der Waals surface area contributed by atoms with Crippen molar-refractivity contribution in [2.45, 2.75) is 58.9 Å². The van der Waals surface area contributed by atoms with Gasteiger partial charge in [0.05, 0.1) is 4.90 Å². The van der Waals surface area contributed by atoms with Crippen LogP contribution in [0.25, 0.3) is 0 Å². The average molecular weight is 486 g/mol. The molecule has 1 saturated heterocycles. The third-order valence-corrected chi connectivity index (χ3v) is 8.70. The molecule has 1 fully saturated rings. The summed E-state index contributed by atoms with van der Waals surface area (Å²) in [6.07, 6.45) is 0.928. The molecular formula is C26H35N3O4S. The molecular weight excluding hydrogens is 450 g/mol. The van der Waals surface area contributed by atoms with Crippen molar-refractivity contribution in [2.75, 3.05) is 25.0 Å². The zero-order valence-corrected chi connectivity index (χ0v) is 21.5. The molecule has 0 radical (unpaired) electrons. The first-order chi connectivity index (χ1) is 16.0. The maximum Gasteiger partial charge on any atom is 0.243 e. The van der Waals surface area contributed by atoms with Crippen LogP contribution in [0.15, 0.2) is 41.3 Å². The Kier molecular flexibility index (Phi) is 8.15. The highest BCUT2D eigenvalue weighted by Crippen LogP contribution is 2.29. The molecule has 184 valence electrons. The van der Waals surface area contributed by atoms with Crippen LogP contribution in [0.5, 0.6) is 0 Å². The molecule has 8 heteroatoms. The summed E-state index contributed by atoms with van der Waals surface area (Å²) < 4.78 is 28.2. The van der Waals surface area contributed by atoms with Gasteiger partial charge in [0.25, 0.3) is 0 Å². The molecule has 0 atom stereocenters. The molecule has 2 aromatic carbocycles. The van der Waals surface area contributed by atoms with Crippen LogP contribution in [0.3, 0.4) is 0 Å². The largest absolute Gasteiger partial charge is 0.339 e. The Balaban J connectivity index is 1.68. The molecule has 2 aromatic rings. The lowest BCUT2D eigenvalue weighted by Gasteiger charge is -2.31. The van der Waals surface area contributed by atoms with E-state index in [0.717, 1.165) is 22.3 Å². The van der Waals surface area contributed by atoms with Gasteiger partial charge in [-0.15, -0.1) is 0 Å². The Labute approximate surface area is 203 Å². The Hall–Kier alpha value is -2.71. The first-order valence-electron chi connectivity index (χ1n) is 11.8. The number of carbonyl (C=O) groups is 2. The van der Waals surface area contributed by atoms with Gasteiger partial charge in [0, 0.05) is 44.7 Å². The second-order valence-corrected chi connectivity index (χ2v) is 11.0. The smallest absolute Gasteiger partial charge is 0.243 e. The lowest BCUT2D eigenvalue weighted by Crippen LogP contribution is -2.41. The van der Waals surface area contributed by atoms with Crippen LogP contribution >= 0.6 is 0 Å². The van der Waals surface area contributed by atoms with Gasteiger partial charge in [-0.1, -0.05) is 35.9 Å². The Bertz CT molecular complexity index is 1150. The average Bonchev–Trinajstić information content (AvgIpc) is 2.77. The van der Waals surface area contributed by atoms with Crippen LogP contribution in [0.4, 0.5) is 5.69 Å². The number of sulfonamides is 1. The number of hydrogen-bond acceptors (Lipinski definition) is 4. The first-order valence-corrected chi connectivity index (χ1v) is 13.2. The van der Waals surface area contributed by atoms with Crippen molar-refractivity contribution in [3.8, 4) is 0 Å². The van der Waals surface area contributed by atoms with Crippen LogP contribution in [-0.4, -0.2) is 49.1 Å². The number of piperidine rings is 1. The van der Waals surface area contributed by atoms with E-state index in [1.54, 1.807) is 4.90 Å². The van der Waals surface area contributed by atoms with E-state index < -0.39 is 10.0 Å². The van der Waals surface area contributed by atoms with E-state index in [1.807, 2.05) is 64.1 Å². The molecule has 0 saturated carbocycles. The van der Waals surface area contributed by atoms with Crippen LogP contribution in [0.2, 0.25) is 0 Å². The lowest BCUT2D eigenvalue weighted by molar-refractivity contribution is -0.129. The topological polar surface area (TPSA) is 86.8 Å². The monoisotopic (exact) mass is 485 g/mol. The number of aryl methyl sites for hydroxylation is 3. The maximum atomic E-state index is 13.3. The third kappa shape index (κ3) is 5.67. The van der Waals surface area contributed by atoms with Crippen molar-refractivity contribution < 1.29 is 18.0 Å². The van der Waals surface area contributed by atoms with Crippen LogP contribution in [0.1, 0.15) is 48.9 Å². The number of amides is 2. The van der Waals surface area contributed by atoms with Gasteiger partial charge >= 0.3 is 0 Å². The lowest BCUT2D eigenvalue weighted by atomic mass is 9.97. The highest BCUT2D eigenvalue weighted by Gasteiger charge is 2.34.